The lowest BCUT2D eigenvalue weighted by Gasteiger charge is -2.10. The van der Waals surface area contributed by atoms with E-state index in [1.807, 2.05) is 6.92 Å². The summed E-state index contributed by atoms with van der Waals surface area (Å²) in [6.07, 6.45) is 0. The Labute approximate surface area is 155 Å². The summed E-state index contributed by atoms with van der Waals surface area (Å²) in [5.74, 6) is -1.45. The van der Waals surface area contributed by atoms with Crippen LogP contribution in [0.3, 0.4) is 0 Å². The van der Waals surface area contributed by atoms with Crippen molar-refractivity contribution >= 4 is 29.2 Å². The van der Waals surface area contributed by atoms with Crippen molar-refractivity contribution in [2.24, 2.45) is 7.05 Å². The number of halogens is 1. The highest BCUT2D eigenvalue weighted by atomic mass is 35.5. The van der Waals surface area contributed by atoms with E-state index in [1.165, 1.54) is 12.1 Å². The number of aromatic nitrogens is 2. The van der Waals surface area contributed by atoms with Crippen molar-refractivity contribution in [3.63, 3.8) is 0 Å². The molecule has 2 N–H and O–H groups in total. The van der Waals surface area contributed by atoms with Crippen molar-refractivity contribution < 1.29 is 24.2 Å². The second-order valence-electron chi connectivity index (χ2n) is 5.53. The summed E-state index contributed by atoms with van der Waals surface area (Å²) in [6.45, 7) is 5.12. The minimum atomic E-state index is -0.761. The van der Waals surface area contributed by atoms with Crippen molar-refractivity contribution in [2.75, 3.05) is 18.5 Å². The lowest BCUT2D eigenvalue weighted by molar-refractivity contribution is -0.119. The van der Waals surface area contributed by atoms with E-state index in [-0.39, 0.29) is 28.7 Å². The molecule has 0 aliphatic rings. The normalized spacial score (nSPS) is 10.5. The molecular weight excluding hydrogens is 362 g/mol. The van der Waals surface area contributed by atoms with Gasteiger partial charge < -0.3 is 19.9 Å². The molecule has 0 aliphatic carbocycles. The molecule has 0 radical (unpaired) electrons. The fourth-order valence-electron chi connectivity index (χ4n) is 2.30. The van der Waals surface area contributed by atoms with E-state index in [0.29, 0.717) is 11.4 Å². The van der Waals surface area contributed by atoms with E-state index in [0.717, 1.165) is 5.69 Å². The molecule has 0 aliphatic heterocycles. The third-order valence-corrected chi connectivity index (χ3v) is 3.96. The van der Waals surface area contributed by atoms with Crippen LogP contribution in [0.25, 0.3) is 0 Å². The largest absolute Gasteiger partial charge is 0.503 e. The lowest BCUT2D eigenvalue weighted by Crippen LogP contribution is -2.21. The SMILES string of the molecule is CCOc1cc(C(=O)OCC(=O)Nc2c(C)nn(C)c2C)cc(Cl)c1O. The molecule has 140 valence electrons. The number of hydrogen-bond donors (Lipinski definition) is 2. The second kappa shape index (κ2) is 8.09. The Hall–Kier alpha value is -2.74. The number of carbonyl (C=O) groups is 2. The number of benzene rings is 1. The topological polar surface area (TPSA) is 103 Å². The van der Waals surface area contributed by atoms with Crippen LogP contribution in [0.15, 0.2) is 12.1 Å². The van der Waals surface area contributed by atoms with Gasteiger partial charge in [-0.05, 0) is 32.9 Å². The average molecular weight is 382 g/mol. The Morgan fingerprint density at radius 3 is 2.62 bits per heavy atom. The number of amides is 1. The number of phenols is 1. The summed E-state index contributed by atoms with van der Waals surface area (Å²) in [5, 5.41) is 16.6. The summed E-state index contributed by atoms with van der Waals surface area (Å²) in [4.78, 5) is 24.2. The smallest absolute Gasteiger partial charge is 0.338 e. The van der Waals surface area contributed by atoms with Gasteiger partial charge in [0, 0.05) is 7.05 Å². The molecule has 1 heterocycles. The molecule has 26 heavy (non-hydrogen) atoms. The minimum absolute atomic E-state index is 0.0473. The summed E-state index contributed by atoms with van der Waals surface area (Å²) >= 11 is 5.88. The third kappa shape index (κ3) is 4.26. The van der Waals surface area contributed by atoms with E-state index in [1.54, 1.807) is 25.6 Å². The summed E-state index contributed by atoms with van der Waals surface area (Å²) in [5.41, 5.74) is 2.10. The Bertz CT molecular complexity index is 847. The fraction of sp³-hybridized carbons (Fsp3) is 0.353. The number of nitrogens with zero attached hydrogens (tertiary/aromatic N) is 2. The van der Waals surface area contributed by atoms with Crippen LogP contribution in [0.2, 0.25) is 5.02 Å². The van der Waals surface area contributed by atoms with E-state index in [9.17, 15) is 14.7 Å². The molecule has 9 heteroatoms. The maximum Gasteiger partial charge on any atom is 0.338 e. The van der Waals surface area contributed by atoms with Gasteiger partial charge in [-0.15, -0.1) is 0 Å². The number of aromatic hydroxyl groups is 1. The first-order valence-electron chi connectivity index (χ1n) is 7.87. The average Bonchev–Trinajstić information content (AvgIpc) is 2.83. The number of esters is 1. The van der Waals surface area contributed by atoms with Crippen LogP contribution in [-0.4, -0.2) is 40.0 Å². The first-order chi connectivity index (χ1) is 12.2. The number of phenolic OH excluding ortho intramolecular Hbond substituents is 1. The van der Waals surface area contributed by atoms with E-state index >= 15 is 0 Å². The Balaban J connectivity index is 2.03. The molecule has 1 aromatic carbocycles. The number of aryl methyl sites for hydroxylation is 2. The maximum atomic E-state index is 12.1. The van der Waals surface area contributed by atoms with E-state index in [2.05, 4.69) is 10.4 Å². The number of carbonyl (C=O) groups excluding carboxylic acids is 2. The van der Waals surface area contributed by atoms with Crippen molar-refractivity contribution in [3.05, 3.63) is 34.1 Å². The van der Waals surface area contributed by atoms with Gasteiger partial charge in [0.2, 0.25) is 0 Å². The van der Waals surface area contributed by atoms with Crippen molar-refractivity contribution in [2.45, 2.75) is 20.8 Å². The maximum absolute atomic E-state index is 12.1. The number of nitrogens with one attached hydrogen (secondary N) is 1. The van der Waals surface area contributed by atoms with Gasteiger partial charge >= 0.3 is 5.97 Å². The molecule has 0 saturated carbocycles. The van der Waals surface area contributed by atoms with Crippen LogP contribution in [0.4, 0.5) is 5.69 Å². The zero-order chi connectivity index (χ0) is 19.4. The highest BCUT2D eigenvalue weighted by molar-refractivity contribution is 6.32. The van der Waals surface area contributed by atoms with Crippen molar-refractivity contribution in [1.82, 2.24) is 9.78 Å². The minimum Gasteiger partial charge on any atom is -0.503 e. The van der Waals surface area contributed by atoms with Gasteiger partial charge in [0.25, 0.3) is 5.91 Å². The standard InChI is InChI=1S/C17H20ClN3O5/c1-5-25-13-7-11(6-12(18)16(13)23)17(24)26-8-14(22)19-15-9(2)20-21(4)10(15)3/h6-7,23H,5,8H2,1-4H3,(H,19,22). The van der Waals surface area contributed by atoms with Gasteiger partial charge in [0.15, 0.2) is 18.1 Å². The van der Waals surface area contributed by atoms with Crippen molar-refractivity contribution in [1.29, 1.82) is 0 Å². The predicted molar refractivity (Wildman–Crippen MR) is 95.9 cm³/mol. The van der Waals surface area contributed by atoms with Crippen LogP contribution in [-0.2, 0) is 16.6 Å². The van der Waals surface area contributed by atoms with E-state index < -0.39 is 18.5 Å². The summed E-state index contributed by atoms with van der Waals surface area (Å²) < 4.78 is 11.9. The number of rotatable bonds is 6. The highest BCUT2D eigenvalue weighted by Gasteiger charge is 2.18. The number of hydrogen-bond acceptors (Lipinski definition) is 6. The van der Waals surface area contributed by atoms with Gasteiger partial charge in [-0.3, -0.25) is 9.48 Å². The second-order valence-corrected chi connectivity index (χ2v) is 5.94. The third-order valence-electron chi connectivity index (χ3n) is 3.67. The van der Waals surface area contributed by atoms with Crippen LogP contribution >= 0.6 is 11.6 Å². The highest BCUT2D eigenvalue weighted by Crippen LogP contribution is 2.35. The molecule has 1 aromatic heterocycles. The van der Waals surface area contributed by atoms with Crippen LogP contribution in [0.5, 0.6) is 11.5 Å². The molecular formula is C17H20ClN3O5. The quantitative estimate of drug-likeness (QED) is 0.745. The molecule has 1 amide bonds. The molecule has 2 aromatic rings. The van der Waals surface area contributed by atoms with Crippen molar-refractivity contribution in [3.8, 4) is 11.5 Å². The lowest BCUT2D eigenvalue weighted by atomic mass is 10.2. The zero-order valence-electron chi connectivity index (χ0n) is 14.9. The Morgan fingerprint density at radius 1 is 1.35 bits per heavy atom. The number of ether oxygens (including phenoxy) is 2. The molecule has 0 spiro atoms. The fourth-order valence-corrected chi connectivity index (χ4v) is 2.51. The monoisotopic (exact) mass is 381 g/mol. The van der Waals surface area contributed by atoms with Gasteiger partial charge in [-0.1, -0.05) is 11.6 Å². The molecule has 0 fully saturated rings. The summed E-state index contributed by atoms with van der Waals surface area (Å²) in [6, 6.07) is 2.55. The van der Waals surface area contributed by atoms with Crippen LogP contribution in [0.1, 0.15) is 28.7 Å². The van der Waals surface area contributed by atoms with Crippen LogP contribution in [0, 0.1) is 13.8 Å². The van der Waals surface area contributed by atoms with Gasteiger partial charge in [-0.25, -0.2) is 4.79 Å². The number of anilines is 1. The molecule has 0 unspecified atom stereocenters. The zero-order valence-corrected chi connectivity index (χ0v) is 15.7. The molecule has 2 rings (SSSR count). The first-order valence-corrected chi connectivity index (χ1v) is 8.24. The van der Waals surface area contributed by atoms with Crippen LogP contribution < -0.4 is 10.1 Å². The molecule has 0 bridgehead atoms. The molecule has 8 nitrogen and oxygen atoms in total. The van der Waals surface area contributed by atoms with E-state index in [4.69, 9.17) is 21.1 Å². The van der Waals surface area contributed by atoms with Gasteiger partial charge in [0.05, 0.1) is 34.3 Å². The Morgan fingerprint density at radius 2 is 2.04 bits per heavy atom. The summed E-state index contributed by atoms with van der Waals surface area (Å²) in [7, 11) is 1.77. The Kier molecular flexibility index (Phi) is 6.10. The first kappa shape index (κ1) is 19.6. The molecule has 0 saturated heterocycles. The van der Waals surface area contributed by atoms with Gasteiger partial charge in [-0.2, -0.15) is 5.10 Å². The van der Waals surface area contributed by atoms with Gasteiger partial charge in [0.1, 0.15) is 0 Å². The molecule has 0 atom stereocenters. The predicted octanol–water partition coefficient (Wildman–Crippen LogP) is 2.59.